The fourth-order valence-corrected chi connectivity index (χ4v) is 4.38. The first kappa shape index (κ1) is 24.9. The van der Waals surface area contributed by atoms with Crippen LogP contribution in [0, 0.1) is 11.3 Å². The fraction of sp³-hybridized carbons (Fsp3) is 0.500. The summed E-state index contributed by atoms with van der Waals surface area (Å²) in [6.45, 7) is 12.9. The van der Waals surface area contributed by atoms with Gasteiger partial charge in [-0.3, -0.25) is 9.59 Å². The molecule has 2 aromatic carbocycles. The number of hydrogen-bond donors (Lipinski definition) is 1. The van der Waals surface area contributed by atoms with E-state index in [1.165, 1.54) is 0 Å². The monoisotopic (exact) mass is 480 g/mol. The first-order valence-corrected chi connectivity index (χ1v) is 12.3. The molecule has 0 bridgehead atoms. The van der Waals surface area contributed by atoms with E-state index in [4.69, 9.17) is 14.2 Å². The molecule has 4 rings (SSSR count). The maximum absolute atomic E-state index is 13.2. The van der Waals surface area contributed by atoms with Gasteiger partial charge in [0.2, 0.25) is 5.91 Å². The zero-order valence-electron chi connectivity index (χ0n) is 21.6. The molecule has 7 nitrogen and oxygen atoms in total. The largest absolute Gasteiger partial charge is 0.490 e. The van der Waals surface area contributed by atoms with Crippen molar-refractivity contribution in [3.05, 3.63) is 42.0 Å². The van der Waals surface area contributed by atoms with Crippen molar-refractivity contribution in [1.29, 1.82) is 0 Å². The summed E-state index contributed by atoms with van der Waals surface area (Å²) in [4.78, 5) is 27.7. The molecule has 0 saturated carbocycles. The van der Waals surface area contributed by atoms with Crippen molar-refractivity contribution in [2.75, 3.05) is 30.0 Å². The maximum atomic E-state index is 13.2. The summed E-state index contributed by atoms with van der Waals surface area (Å²) in [5.74, 6) is 2.08. The summed E-state index contributed by atoms with van der Waals surface area (Å²) in [6.07, 6.45) is 1.69. The lowest BCUT2D eigenvalue weighted by atomic mass is 9.92. The number of anilines is 2. The van der Waals surface area contributed by atoms with Crippen molar-refractivity contribution in [3.8, 4) is 17.2 Å². The van der Waals surface area contributed by atoms with E-state index in [1.807, 2.05) is 56.9 Å². The van der Waals surface area contributed by atoms with Crippen LogP contribution in [0.3, 0.4) is 0 Å². The molecule has 2 aliphatic heterocycles. The van der Waals surface area contributed by atoms with Crippen molar-refractivity contribution in [3.63, 3.8) is 0 Å². The number of benzene rings is 2. The molecule has 0 aromatic heterocycles. The zero-order chi connectivity index (χ0) is 25.4. The average Bonchev–Trinajstić information content (AvgIpc) is 3.06. The maximum Gasteiger partial charge on any atom is 0.262 e. The smallest absolute Gasteiger partial charge is 0.262 e. The van der Waals surface area contributed by atoms with Crippen molar-refractivity contribution in [2.45, 2.75) is 60.0 Å². The second-order valence-electron chi connectivity index (χ2n) is 11.1. The van der Waals surface area contributed by atoms with Gasteiger partial charge >= 0.3 is 0 Å². The van der Waals surface area contributed by atoms with Crippen LogP contribution < -0.4 is 24.4 Å². The van der Waals surface area contributed by atoms with Crippen LogP contribution in [0.15, 0.2) is 36.4 Å². The van der Waals surface area contributed by atoms with Crippen LogP contribution >= 0.6 is 0 Å². The standard InChI is InChI=1S/C28H36N2O5/c1-18(2)12-13-30-21-11-10-20(14-23(21)34-17-27(3,4)26(30)32)29-24(31)16-33-22-9-7-8-19-15-28(5,6)35-25(19)22/h7-11,14,18H,12-13,15-17H2,1-6H3,(H,29,31). The number of hydrogen-bond acceptors (Lipinski definition) is 5. The number of fused-ring (bicyclic) bond motifs is 2. The number of carbonyl (C=O) groups excluding carboxylic acids is 2. The van der Waals surface area contributed by atoms with E-state index in [9.17, 15) is 9.59 Å². The number of carbonyl (C=O) groups is 2. The quantitative estimate of drug-likeness (QED) is 0.588. The lowest BCUT2D eigenvalue weighted by Crippen LogP contribution is -2.42. The molecular weight excluding hydrogens is 444 g/mol. The molecule has 0 atom stereocenters. The highest BCUT2D eigenvalue weighted by atomic mass is 16.5. The third kappa shape index (κ3) is 5.55. The lowest BCUT2D eigenvalue weighted by molar-refractivity contribution is -0.127. The molecule has 2 heterocycles. The van der Waals surface area contributed by atoms with Gasteiger partial charge in [-0.25, -0.2) is 0 Å². The molecule has 2 aromatic rings. The summed E-state index contributed by atoms with van der Waals surface area (Å²) in [5.41, 5.74) is 1.47. The number of nitrogens with one attached hydrogen (secondary N) is 1. The van der Waals surface area contributed by atoms with Gasteiger partial charge in [0.15, 0.2) is 18.1 Å². The van der Waals surface area contributed by atoms with E-state index in [0.29, 0.717) is 35.4 Å². The van der Waals surface area contributed by atoms with Crippen molar-refractivity contribution in [1.82, 2.24) is 0 Å². The van der Waals surface area contributed by atoms with E-state index in [1.54, 1.807) is 12.1 Å². The molecule has 1 N–H and O–H groups in total. The number of rotatable bonds is 7. The summed E-state index contributed by atoms with van der Waals surface area (Å²) in [6, 6.07) is 11.1. The second-order valence-corrected chi connectivity index (χ2v) is 11.1. The van der Waals surface area contributed by atoms with Gasteiger partial charge in [-0.05, 0) is 58.2 Å². The second kappa shape index (κ2) is 9.44. The molecule has 0 fully saturated rings. The molecule has 2 amide bonds. The van der Waals surface area contributed by atoms with Gasteiger partial charge in [0, 0.05) is 30.3 Å². The number of ether oxygens (including phenoxy) is 3. The lowest BCUT2D eigenvalue weighted by Gasteiger charge is -2.28. The van der Waals surface area contributed by atoms with Crippen molar-refractivity contribution in [2.24, 2.45) is 11.3 Å². The molecule has 0 radical (unpaired) electrons. The molecule has 0 spiro atoms. The van der Waals surface area contributed by atoms with Crippen LogP contribution in [0.1, 0.15) is 53.5 Å². The van der Waals surface area contributed by atoms with E-state index < -0.39 is 5.41 Å². The average molecular weight is 481 g/mol. The van der Waals surface area contributed by atoms with E-state index in [2.05, 4.69) is 19.2 Å². The summed E-state index contributed by atoms with van der Waals surface area (Å²) in [5, 5.41) is 2.88. The van der Waals surface area contributed by atoms with Gasteiger partial charge in [-0.1, -0.05) is 26.0 Å². The summed E-state index contributed by atoms with van der Waals surface area (Å²) >= 11 is 0. The van der Waals surface area contributed by atoms with Crippen molar-refractivity contribution < 1.29 is 23.8 Å². The first-order chi connectivity index (χ1) is 16.4. The third-order valence-electron chi connectivity index (χ3n) is 6.29. The normalized spacial score (nSPS) is 17.7. The fourth-order valence-electron chi connectivity index (χ4n) is 4.38. The first-order valence-electron chi connectivity index (χ1n) is 12.3. The van der Waals surface area contributed by atoms with Crippen molar-refractivity contribution >= 4 is 23.2 Å². The minimum Gasteiger partial charge on any atom is -0.490 e. The minimum atomic E-state index is -0.639. The van der Waals surface area contributed by atoms with Crippen LogP contribution in [0.5, 0.6) is 17.2 Å². The van der Waals surface area contributed by atoms with Crippen LogP contribution in [0.4, 0.5) is 11.4 Å². The highest BCUT2D eigenvalue weighted by molar-refractivity contribution is 6.00. The van der Waals surface area contributed by atoms with Crippen LogP contribution in [0.25, 0.3) is 0 Å². The number of amides is 2. The highest BCUT2D eigenvalue weighted by Crippen LogP contribution is 2.42. The Bertz CT molecular complexity index is 1120. The highest BCUT2D eigenvalue weighted by Gasteiger charge is 2.38. The number of para-hydroxylation sites is 1. The predicted octanol–water partition coefficient (Wildman–Crippen LogP) is 5.22. The molecule has 0 aliphatic carbocycles. The zero-order valence-corrected chi connectivity index (χ0v) is 21.6. The van der Waals surface area contributed by atoms with Gasteiger partial charge < -0.3 is 24.4 Å². The Kier molecular flexibility index (Phi) is 6.71. The van der Waals surface area contributed by atoms with Crippen LogP contribution in [-0.4, -0.2) is 37.2 Å². The van der Waals surface area contributed by atoms with Crippen LogP contribution in [0.2, 0.25) is 0 Å². The summed E-state index contributed by atoms with van der Waals surface area (Å²) < 4.78 is 17.8. The minimum absolute atomic E-state index is 0.0443. The van der Waals surface area contributed by atoms with Crippen LogP contribution in [-0.2, 0) is 16.0 Å². The van der Waals surface area contributed by atoms with Gasteiger partial charge in [0.1, 0.15) is 18.0 Å². The van der Waals surface area contributed by atoms with E-state index in [-0.39, 0.29) is 30.6 Å². The number of nitrogens with zero attached hydrogens (tertiary/aromatic N) is 1. The molecule has 188 valence electrons. The Hall–Kier alpha value is -3.22. The Balaban J connectivity index is 1.45. The molecule has 0 saturated heterocycles. The molecule has 2 aliphatic rings. The molecule has 7 heteroatoms. The molecule has 35 heavy (non-hydrogen) atoms. The summed E-state index contributed by atoms with van der Waals surface area (Å²) in [7, 11) is 0. The Morgan fingerprint density at radius 3 is 2.69 bits per heavy atom. The Morgan fingerprint density at radius 1 is 1.17 bits per heavy atom. The molecular formula is C28H36N2O5. The molecule has 0 unspecified atom stereocenters. The van der Waals surface area contributed by atoms with E-state index >= 15 is 0 Å². The van der Waals surface area contributed by atoms with Gasteiger partial charge in [0.25, 0.3) is 5.91 Å². The van der Waals surface area contributed by atoms with E-state index in [0.717, 1.165) is 24.1 Å². The van der Waals surface area contributed by atoms with Gasteiger partial charge in [-0.15, -0.1) is 0 Å². The topological polar surface area (TPSA) is 77.1 Å². The van der Waals surface area contributed by atoms with Gasteiger partial charge in [-0.2, -0.15) is 0 Å². The van der Waals surface area contributed by atoms with Gasteiger partial charge in [0.05, 0.1) is 11.1 Å². The third-order valence-corrected chi connectivity index (χ3v) is 6.29. The Labute approximate surface area is 207 Å². The predicted molar refractivity (Wildman–Crippen MR) is 137 cm³/mol. The SMILES string of the molecule is CC(C)CCN1C(=O)C(C)(C)COc2cc(NC(=O)COc3cccc4c3OC(C)(C)C4)ccc21. The Morgan fingerprint density at radius 2 is 1.94 bits per heavy atom.